The largest absolute Gasteiger partial charge is 0.478 e. The molecule has 1 amide bonds. The Morgan fingerprint density at radius 2 is 2.16 bits per heavy atom. The van der Waals surface area contributed by atoms with E-state index in [4.69, 9.17) is 9.84 Å². The molecular formula is C13H16N2O4. The van der Waals surface area contributed by atoms with E-state index in [0.717, 1.165) is 6.08 Å². The van der Waals surface area contributed by atoms with Crippen LogP contribution in [0.1, 0.15) is 19.4 Å². The molecule has 102 valence electrons. The summed E-state index contributed by atoms with van der Waals surface area (Å²) in [5.41, 5.74) is -0.336. The highest BCUT2D eigenvalue weighted by Gasteiger charge is 2.27. The molecule has 0 unspecified atom stereocenters. The van der Waals surface area contributed by atoms with Crippen LogP contribution in [0.3, 0.4) is 0 Å². The first-order chi connectivity index (χ1) is 8.85. The van der Waals surface area contributed by atoms with E-state index >= 15 is 0 Å². The van der Waals surface area contributed by atoms with Crippen molar-refractivity contribution in [3.63, 3.8) is 0 Å². The van der Waals surface area contributed by atoms with Gasteiger partial charge in [0.15, 0.2) is 0 Å². The smallest absolute Gasteiger partial charge is 0.328 e. The van der Waals surface area contributed by atoms with Crippen molar-refractivity contribution in [2.45, 2.75) is 19.4 Å². The van der Waals surface area contributed by atoms with Crippen molar-refractivity contribution in [1.82, 2.24) is 4.98 Å². The van der Waals surface area contributed by atoms with E-state index in [1.807, 2.05) is 0 Å². The van der Waals surface area contributed by atoms with Crippen LogP contribution in [0.4, 0.5) is 5.82 Å². The van der Waals surface area contributed by atoms with Crippen molar-refractivity contribution in [3.8, 4) is 0 Å². The fourth-order valence-corrected chi connectivity index (χ4v) is 1.15. The summed E-state index contributed by atoms with van der Waals surface area (Å²) in [6, 6.07) is 3.21. The van der Waals surface area contributed by atoms with Crippen LogP contribution in [-0.2, 0) is 14.3 Å². The SMILES string of the molecule is COC(C)(C)C(=O)Nc1cc(/C=C/C(=O)O)ccn1. The normalized spacial score (nSPS) is 11.5. The predicted octanol–water partition coefficient (Wildman–Crippen LogP) is 1.54. The number of amides is 1. The molecule has 1 aromatic rings. The molecule has 0 atom stereocenters. The van der Waals surface area contributed by atoms with Gasteiger partial charge in [0.25, 0.3) is 5.91 Å². The topological polar surface area (TPSA) is 88.5 Å². The van der Waals surface area contributed by atoms with Crippen LogP contribution in [0.5, 0.6) is 0 Å². The van der Waals surface area contributed by atoms with Crippen LogP contribution in [-0.4, -0.2) is 34.7 Å². The second-order valence-corrected chi connectivity index (χ2v) is 4.31. The Kier molecular flexibility index (Phi) is 4.77. The second-order valence-electron chi connectivity index (χ2n) is 4.31. The molecule has 2 N–H and O–H groups in total. The van der Waals surface area contributed by atoms with E-state index < -0.39 is 11.6 Å². The molecule has 1 aromatic heterocycles. The van der Waals surface area contributed by atoms with E-state index in [1.165, 1.54) is 19.4 Å². The summed E-state index contributed by atoms with van der Waals surface area (Å²) in [6.07, 6.45) is 3.91. The number of hydrogen-bond acceptors (Lipinski definition) is 4. The standard InChI is InChI=1S/C13H16N2O4/c1-13(2,19-3)12(18)15-10-8-9(6-7-14-10)4-5-11(16)17/h4-8H,1-3H3,(H,16,17)(H,14,15,18)/b5-4+. The van der Waals surface area contributed by atoms with Gasteiger partial charge < -0.3 is 15.2 Å². The third-order valence-corrected chi connectivity index (χ3v) is 2.50. The molecular weight excluding hydrogens is 248 g/mol. The fourth-order valence-electron chi connectivity index (χ4n) is 1.15. The van der Waals surface area contributed by atoms with Crippen molar-refractivity contribution in [3.05, 3.63) is 30.0 Å². The molecule has 0 spiro atoms. The quantitative estimate of drug-likeness (QED) is 0.787. The lowest BCUT2D eigenvalue weighted by Gasteiger charge is -2.21. The summed E-state index contributed by atoms with van der Waals surface area (Å²) in [5.74, 6) is -1.03. The van der Waals surface area contributed by atoms with E-state index in [9.17, 15) is 9.59 Å². The third kappa shape index (κ3) is 4.51. The summed E-state index contributed by atoms with van der Waals surface area (Å²) in [6.45, 7) is 3.27. The lowest BCUT2D eigenvalue weighted by atomic mass is 10.1. The molecule has 0 radical (unpaired) electrons. The first-order valence-corrected chi connectivity index (χ1v) is 5.59. The second kappa shape index (κ2) is 6.10. The number of carbonyl (C=O) groups is 2. The van der Waals surface area contributed by atoms with E-state index in [2.05, 4.69) is 10.3 Å². The summed E-state index contributed by atoms with van der Waals surface area (Å²) in [4.78, 5) is 26.3. The zero-order valence-corrected chi connectivity index (χ0v) is 11.0. The lowest BCUT2D eigenvalue weighted by molar-refractivity contribution is -0.134. The third-order valence-electron chi connectivity index (χ3n) is 2.50. The van der Waals surface area contributed by atoms with Gasteiger partial charge in [-0.15, -0.1) is 0 Å². The molecule has 6 heteroatoms. The highest BCUT2D eigenvalue weighted by Crippen LogP contribution is 2.13. The average molecular weight is 264 g/mol. The van der Waals surface area contributed by atoms with Gasteiger partial charge in [0.05, 0.1) is 0 Å². The van der Waals surface area contributed by atoms with Gasteiger partial charge >= 0.3 is 5.97 Å². The van der Waals surface area contributed by atoms with Gasteiger partial charge in [-0.25, -0.2) is 9.78 Å². The number of pyridine rings is 1. The minimum atomic E-state index is -1.04. The number of carboxylic acid groups (broad SMARTS) is 1. The zero-order valence-electron chi connectivity index (χ0n) is 11.0. The van der Waals surface area contributed by atoms with Crippen LogP contribution in [0.15, 0.2) is 24.4 Å². The Morgan fingerprint density at radius 1 is 1.47 bits per heavy atom. The maximum absolute atomic E-state index is 11.9. The van der Waals surface area contributed by atoms with Gasteiger partial charge in [0.1, 0.15) is 11.4 Å². The summed E-state index contributed by atoms with van der Waals surface area (Å²) >= 11 is 0. The molecule has 0 aromatic carbocycles. The van der Waals surface area contributed by atoms with Crippen LogP contribution in [0.25, 0.3) is 6.08 Å². The molecule has 0 aliphatic heterocycles. The summed E-state index contributed by atoms with van der Waals surface area (Å²) in [7, 11) is 1.44. The van der Waals surface area contributed by atoms with Crippen LogP contribution >= 0.6 is 0 Å². The molecule has 19 heavy (non-hydrogen) atoms. The molecule has 0 fully saturated rings. The lowest BCUT2D eigenvalue weighted by Crippen LogP contribution is -2.39. The van der Waals surface area contributed by atoms with Crippen LogP contribution in [0, 0.1) is 0 Å². The number of ether oxygens (including phenoxy) is 1. The van der Waals surface area contributed by atoms with Crippen molar-refractivity contribution < 1.29 is 19.4 Å². The maximum atomic E-state index is 11.9. The minimum absolute atomic E-state index is 0.332. The van der Waals surface area contributed by atoms with E-state index in [0.29, 0.717) is 11.4 Å². The van der Waals surface area contributed by atoms with Gasteiger partial charge in [-0.05, 0) is 37.6 Å². The van der Waals surface area contributed by atoms with Gasteiger partial charge in [-0.3, -0.25) is 4.79 Å². The maximum Gasteiger partial charge on any atom is 0.328 e. The number of hydrogen-bond donors (Lipinski definition) is 2. The van der Waals surface area contributed by atoms with E-state index in [-0.39, 0.29) is 5.91 Å². The van der Waals surface area contributed by atoms with E-state index in [1.54, 1.807) is 26.0 Å². The number of aromatic nitrogens is 1. The van der Waals surface area contributed by atoms with Crippen LogP contribution in [0.2, 0.25) is 0 Å². The molecule has 0 aliphatic carbocycles. The molecule has 0 saturated carbocycles. The van der Waals surface area contributed by atoms with Crippen molar-refractivity contribution >= 4 is 23.8 Å². The minimum Gasteiger partial charge on any atom is -0.478 e. The Labute approximate surface area is 111 Å². The number of carbonyl (C=O) groups excluding carboxylic acids is 1. The van der Waals surface area contributed by atoms with Gasteiger partial charge in [-0.2, -0.15) is 0 Å². The molecule has 1 heterocycles. The molecule has 0 saturated heterocycles. The van der Waals surface area contributed by atoms with Crippen LogP contribution < -0.4 is 5.32 Å². The average Bonchev–Trinajstić information content (AvgIpc) is 2.36. The monoisotopic (exact) mass is 264 g/mol. The van der Waals surface area contributed by atoms with Gasteiger partial charge in [-0.1, -0.05) is 0 Å². The number of rotatable bonds is 5. The highest BCUT2D eigenvalue weighted by molar-refractivity contribution is 5.96. The number of aliphatic carboxylic acids is 1. The summed E-state index contributed by atoms with van der Waals surface area (Å²) in [5, 5.41) is 11.1. The van der Waals surface area contributed by atoms with Gasteiger partial charge in [0.2, 0.25) is 0 Å². The number of carboxylic acids is 1. The first-order valence-electron chi connectivity index (χ1n) is 5.59. The number of methoxy groups -OCH3 is 1. The Balaban J connectivity index is 2.83. The summed E-state index contributed by atoms with van der Waals surface area (Å²) < 4.78 is 5.05. The molecule has 0 bridgehead atoms. The fraction of sp³-hybridized carbons (Fsp3) is 0.308. The Morgan fingerprint density at radius 3 is 2.74 bits per heavy atom. The number of nitrogens with zero attached hydrogens (tertiary/aromatic N) is 1. The predicted molar refractivity (Wildman–Crippen MR) is 70.6 cm³/mol. The molecule has 6 nitrogen and oxygen atoms in total. The zero-order chi connectivity index (χ0) is 14.5. The van der Waals surface area contributed by atoms with Crippen molar-refractivity contribution in [1.29, 1.82) is 0 Å². The highest BCUT2D eigenvalue weighted by atomic mass is 16.5. The number of anilines is 1. The molecule has 0 aliphatic rings. The molecule has 1 rings (SSSR count). The Hall–Kier alpha value is -2.21. The number of nitrogens with one attached hydrogen (secondary N) is 1. The van der Waals surface area contributed by atoms with Crippen molar-refractivity contribution in [2.75, 3.05) is 12.4 Å². The first kappa shape index (κ1) is 14.8. The van der Waals surface area contributed by atoms with Gasteiger partial charge in [0, 0.05) is 19.4 Å². The Bertz CT molecular complexity index is 509. The van der Waals surface area contributed by atoms with Crippen molar-refractivity contribution in [2.24, 2.45) is 0 Å².